The van der Waals surface area contributed by atoms with Gasteiger partial charge in [-0.25, -0.2) is 9.18 Å². The van der Waals surface area contributed by atoms with Crippen molar-refractivity contribution in [1.82, 2.24) is 10.6 Å². The average molecular weight is 271 g/mol. The van der Waals surface area contributed by atoms with E-state index in [4.69, 9.17) is 11.6 Å². The van der Waals surface area contributed by atoms with E-state index >= 15 is 0 Å². The summed E-state index contributed by atoms with van der Waals surface area (Å²) in [6, 6.07) is 4.54. The minimum Gasteiger partial charge on any atom is -0.335 e. The lowest BCUT2D eigenvalue weighted by Gasteiger charge is -2.13. The van der Waals surface area contributed by atoms with Crippen LogP contribution in [-0.2, 0) is 6.54 Å². The highest BCUT2D eigenvalue weighted by molar-refractivity contribution is 6.30. The third-order valence-electron chi connectivity index (χ3n) is 3.13. The van der Waals surface area contributed by atoms with Gasteiger partial charge in [-0.3, -0.25) is 0 Å². The van der Waals surface area contributed by atoms with Crippen LogP contribution in [0.3, 0.4) is 0 Å². The predicted octanol–water partition coefficient (Wildman–Crippen LogP) is 3.22. The summed E-state index contributed by atoms with van der Waals surface area (Å²) in [6.07, 6.45) is 4.46. The Bertz CT molecular complexity index is 433. The fourth-order valence-corrected chi connectivity index (χ4v) is 2.34. The van der Waals surface area contributed by atoms with Crippen molar-refractivity contribution in [2.45, 2.75) is 38.3 Å². The van der Waals surface area contributed by atoms with Crippen molar-refractivity contribution in [2.24, 2.45) is 0 Å². The molecule has 0 aliphatic heterocycles. The average Bonchev–Trinajstić information content (AvgIpc) is 2.83. The number of urea groups is 1. The van der Waals surface area contributed by atoms with Crippen LogP contribution in [0.15, 0.2) is 18.2 Å². The maximum Gasteiger partial charge on any atom is 0.315 e. The van der Waals surface area contributed by atoms with E-state index in [0.29, 0.717) is 12.6 Å². The molecule has 0 aromatic heterocycles. The zero-order chi connectivity index (χ0) is 13.0. The molecule has 0 spiro atoms. The summed E-state index contributed by atoms with van der Waals surface area (Å²) >= 11 is 5.66. The molecule has 0 unspecified atom stereocenters. The van der Waals surface area contributed by atoms with E-state index in [0.717, 1.165) is 18.4 Å². The quantitative estimate of drug-likeness (QED) is 0.870. The van der Waals surface area contributed by atoms with Crippen LogP contribution in [0.25, 0.3) is 0 Å². The molecule has 18 heavy (non-hydrogen) atoms. The first kappa shape index (κ1) is 13.1. The molecule has 0 bridgehead atoms. The Morgan fingerprint density at radius 2 is 2.11 bits per heavy atom. The summed E-state index contributed by atoms with van der Waals surface area (Å²) < 4.78 is 12.9. The Kier molecular flexibility index (Phi) is 4.42. The summed E-state index contributed by atoms with van der Waals surface area (Å²) in [7, 11) is 0. The summed E-state index contributed by atoms with van der Waals surface area (Å²) in [5, 5.41) is 5.73. The second-order valence-electron chi connectivity index (χ2n) is 4.56. The number of nitrogens with one attached hydrogen (secondary N) is 2. The predicted molar refractivity (Wildman–Crippen MR) is 69.0 cm³/mol. The first-order valence-corrected chi connectivity index (χ1v) is 6.51. The van der Waals surface area contributed by atoms with E-state index in [9.17, 15) is 9.18 Å². The molecule has 2 rings (SSSR count). The van der Waals surface area contributed by atoms with Gasteiger partial charge in [0, 0.05) is 12.6 Å². The fraction of sp³-hybridized carbons (Fsp3) is 0.462. The highest BCUT2D eigenvalue weighted by Gasteiger charge is 2.16. The molecular weight excluding hydrogens is 255 g/mol. The first-order chi connectivity index (χ1) is 8.65. The Morgan fingerprint density at radius 1 is 1.39 bits per heavy atom. The molecule has 1 aliphatic carbocycles. The zero-order valence-electron chi connectivity index (χ0n) is 10.0. The highest BCUT2D eigenvalue weighted by Crippen LogP contribution is 2.18. The topological polar surface area (TPSA) is 41.1 Å². The van der Waals surface area contributed by atoms with Crippen LogP contribution in [0.5, 0.6) is 0 Å². The standard InChI is InChI=1S/C13H16ClFN2O/c14-11-7-9(5-6-12(11)15)8-16-13(18)17-10-3-1-2-4-10/h5-7,10H,1-4,8H2,(H2,16,17,18). The fourth-order valence-electron chi connectivity index (χ4n) is 2.14. The van der Waals surface area contributed by atoms with E-state index in [1.165, 1.54) is 25.0 Å². The smallest absolute Gasteiger partial charge is 0.315 e. The van der Waals surface area contributed by atoms with Gasteiger partial charge in [0.1, 0.15) is 5.82 Å². The molecule has 1 aromatic carbocycles. The van der Waals surface area contributed by atoms with Crippen LogP contribution in [0.1, 0.15) is 31.2 Å². The maximum atomic E-state index is 12.9. The first-order valence-electron chi connectivity index (χ1n) is 6.13. The molecule has 0 heterocycles. The van der Waals surface area contributed by atoms with Gasteiger partial charge in [-0.05, 0) is 30.5 Å². The number of halogens is 2. The lowest BCUT2D eigenvalue weighted by molar-refractivity contribution is 0.236. The van der Waals surface area contributed by atoms with Gasteiger partial charge in [0.05, 0.1) is 5.02 Å². The van der Waals surface area contributed by atoms with E-state index in [1.54, 1.807) is 6.07 Å². The van der Waals surface area contributed by atoms with Crippen LogP contribution in [0.2, 0.25) is 5.02 Å². The zero-order valence-corrected chi connectivity index (χ0v) is 10.8. The van der Waals surface area contributed by atoms with Gasteiger partial charge < -0.3 is 10.6 Å². The normalized spacial score (nSPS) is 15.7. The van der Waals surface area contributed by atoms with Gasteiger partial charge in [-0.2, -0.15) is 0 Å². The van der Waals surface area contributed by atoms with Gasteiger partial charge >= 0.3 is 6.03 Å². The van der Waals surface area contributed by atoms with Gasteiger partial charge in [0.25, 0.3) is 0 Å². The molecule has 0 atom stereocenters. The largest absolute Gasteiger partial charge is 0.335 e. The van der Waals surface area contributed by atoms with Gasteiger partial charge in [0.15, 0.2) is 0 Å². The molecule has 2 N–H and O–H groups in total. The van der Waals surface area contributed by atoms with Crippen molar-refractivity contribution in [3.63, 3.8) is 0 Å². The molecule has 0 radical (unpaired) electrons. The van der Waals surface area contributed by atoms with Gasteiger partial charge in [0.2, 0.25) is 0 Å². The molecule has 1 aliphatic rings. The van der Waals surface area contributed by atoms with Crippen LogP contribution in [0.4, 0.5) is 9.18 Å². The van der Waals surface area contributed by atoms with E-state index in [-0.39, 0.29) is 11.1 Å². The molecule has 1 saturated carbocycles. The molecule has 0 saturated heterocycles. The minimum atomic E-state index is -0.448. The Hall–Kier alpha value is -1.29. The number of benzene rings is 1. The summed E-state index contributed by atoms with van der Waals surface area (Å²) in [6.45, 7) is 0.346. The van der Waals surface area contributed by atoms with Crippen LogP contribution >= 0.6 is 11.6 Å². The molecule has 3 nitrogen and oxygen atoms in total. The van der Waals surface area contributed by atoms with Crippen molar-refractivity contribution in [3.8, 4) is 0 Å². The van der Waals surface area contributed by atoms with Crippen molar-refractivity contribution < 1.29 is 9.18 Å². The van der Waals surface area contributed by atoms with E-state index in [1.807, 2.05) is 0 Å². The SMILES string of the molecule is O=C(NCc1ccc(F)c(Cl)c1)NC1CCCC1. The van der Waals surface area contributed by atoms with Gasteiger partial charge in [-0.1, -0.05) is 30.5 Å². The van der Waals surface area contributed by atoms with Crippen molar-refractivity contribution in [2.75, 3.05) is 0 Å². The lowest BCUT2D eigenvalue weighted by Crippen LogP contribution is -2.40. The number of rotatable bonds is 3. The molecule has 2 amide bonds. The van der Waals surface area contributed by atoms with Crippen molar-refractivity contribution >= 4 is 17.6 Å². The van der Waals surface area contributed by atoms with E-state index in [2.05, 4.69) is 10.6 Å². The third-order valence-corrected chi connectivity index (χ3v) is 3.42. The Morgan fingerprint density at radius 3 is 2.78 bits per heavy atom. The highest BCUT2D eigenvalue weighted by atomic mass is 35.5. The van der Waals surface area contributed by atoms with Crippen LogP contribution in [-0.4, -0.2) is 12.1 Å². The second-order valence-corrected chi connectivity index (χ2v) is 4.96. The van der Waals surface area contributed by atoms with Gasteiger partial charge in [-0.15, -0.1) is 0 Å². The number of carbonyl (C=O) groups is 1. The molecule has 98 valence electrons. The maximum absolute atomic E-state index is 12.9. The van der Waals surface area contributed by atoms with Crippen LogP contribution < -0.4 is 10.6 Å². The summed E-state index contributed by atoms with van der Waals surface area (Å²) in [5.74, 6) is -0.448. The third kappa shape index (κ3) is 3.60. The molecule has 1 fully saturated rings. The molecule has 1 aromatic rings. The molecule has 5 heteroatoms. The summed E-state index contributed by atoms with van der Waals surface area (Å²) in [5.41, 5.74) is 0.781. The minimum absolute atomic E-state index is 0.0745. The van der Waals surface area contributed by atoms with Crippen molar-refractivity contribution in [3.05, 3.63) is 34.6 Å². The Balaban J connectivity index is 1.79. The number of hydrogen-bond donors (Lipinski definition) is 2. The monoisotopic (exact) mass is 270 g/mol. The van der Waals surface area contributed by atoms with E-state index < -0.39 is 5.82 Å². The molecular formula is C13H16ClFN2O. The number of hydrogen-bond acceptors (Lipinski definition) is 1. The van der Waals surface area contributed by atoms with Crippen molar-refractivity contribution in [1.29, 1.82) is 0 Å². The number of carbonyl (C=O) groups excluding carboxylic acids is 1. The lowest BCUT2D eigenvalue weighted by atomic mass is 10.2. The Labute approximate surface area is 111 Å². The summed E-state index contributed by atoms with van der Waals surface area (Å²) in [4.78, 5) is 11.6. The second kappa shape index (κ2) is 6.05. The number of amides is 2. The van der Waals surface area contributed by atoms with Crippen LogP contribution in [0, 0.1) is 5.82 Å².